The number of hydrogen-bond acceptors (Lipinski definition) is 4. The van der Waals surface area contributed by atoms with Crippen molar-refractivity contribution in [3.05, 3.63) is 53.6 Å². The predicted octanol–water partition coefficient (Wildman–Crippen LogP) is 4.27. The van der Waals surface area contributed by atoms with Crippen molar-refractivity contribution in [1.82, 2.24) is 0 Å². The zero-order valence-electron chi connectivity index (χ0n) is 16.0. The van der Waals surface area contributed by atoms with E-state index in [2.05, 4.69) is 11.4 Å². The summed E-state index contributed by atoms with van der Waals surface area (Å²) < 4.78 is 17.0. The minimum absolute atomic E-state index is 0.0870. The molecule has 1 N–H and O–H groups in total. The van der Waals surface area contributed by atoms with Crippen molar-refractivity contribution in [3.63, 3.8) is 0 Å². The number of anilines is 1. The molecule has 1 heterocycles. The fourth-order valence-electron chi connectivity index (χ4n) is 3.07. The van der Waals surface area contributed by atoms with E-state index in [1.165, 1.54) is 5.56 Å². The van der Waals surface area contributed by atoms with Gasteiger partial charge in [-0.05, 0) is 50.5 Å². The van der Waals surface area contributed by atoms with Gasteiger partial charge in [-0.25, -0.2) is 0 Å². The van der Waals surface area contributed by atoms with Crippen molar-refractivity contribution in [2.75, 3.05) is 25.1 Å². The zero-order chi connectivity index (χ0) is 19.1. The largest absolute Gasteiger partial charge is 0.493 e. The molecule has 2 aromatic rings. The summed E-state index contributed by atoms with van der Waals surface area (Å²) in [6.45, 7) is 5.74. The molecule has 2 aromatic carbocycles. The number of aryl methyl sites for hydroxylation is 2. The van der Waals surface area contributed by atoms with Gasteiger partial charge in [0.05, 0.1) is 19.1 Å². The number of amides is 1. The molecule has 5 heteroatoms. The third-order valence-electron chi connectivity index (χ3n) is 4.49. The van der Waals surface area contributed by atoms with Crippen LogP contribution in [0.5, 0.6) is 11.5 Å². The topological polar surface area (TPSA) is 56.8 Å². The Morgan fingerprint density at radius 2 is 2.07 bits per heavy atom. The van der Waals surface area contributed by atoms with E-state index in [0.717, 1.165) is 42.2 Å². The first kappa shape index (κ1) is 19.2. The summed E-state index contributed by atoms with van der Waals surface area (Å²) in [7, 11) is 0. The second kappa shape index (κ2) is 9.42. The van der Waals surface area contributed by atoms with E-state index < -0.39 is 0 Å². The van der Waals surface area contributed by atoms with E-state index in [-0.39, 0.29) is 18.4 Å². The van der Waals surface area contributed by atoms with Gasteiger partial charge in [-0.15, -0.1) is 0 Å². The van der Waals surface area contributed by atoms with Gasteiger partial charge in [-0.1, -0.05) is 23.8 Å². The Morgan fingerprint density at radius 3 is 2.85 bits per heavy atom. The number of hydrogen-bond donors (Lipinski definition) is 1. The molecule has 0 aliphatic carbocycles. The van der Waals surface area contributed by atoms with Crippen molar-refractivity contribution < 1.29 is 19.0 Å². The van der Waals surface area contributed by atoms with Crippen LogP contribution in [-0.2, 0) is 9.53 Å². The lowest BCUT2D eigenvalue weighted by Crippen LogP contribution is -2.17. The van der Waals surface area contributed by atoms with Gasteiger partial charge < -0.3 is 19.5 Å². The molecule has 1 saturated heterocycles. The van der Waals surface area contributed by atoms with Gasteiger partial charge in [-0.2, -0.15) is 0 Å². The number of rotatable bonds is 8. The molecule has 1 atom stereocenters. The molecule has 1 fully saturated rings. The van der Waals surface area contributed by atoms with Crippen LogP contribution in [0.3, 0.4) is 0 Å². The average Bonchev–Trinajstić information content (AvgIpc) is 3.16. The number of benzene rings is 2. The average molecular weight is 369 g/mol. The first-order valence-electron chi connectivity index (χ1n) is 9.44. The highest BCUT2D eigenvalue weighted by atomic mass is 16.5. The molecular weight excluding hydrogens is 342 g/mol. The SMILES string of the molecule is Cc1ccc(OCCC(=O)Nc2cccc(OCC3CCCO3)c2)c(C)c1. The Kier molecular flexibility index (Phi) is 6.71. The number of carbonyl (C=O) groups is 1. The van der Waals surface area contributed by atoms with Crippen molar-refractivity contribution in [3.8, 4) is 11.5 Å². The summed E-state index contributed by atoms with van der Waals surface area (Å²) in [6, 6.07) is 13.4. The van der Waals surface area contributed by atoms with Crippen LogP contribution in [0.15, 0.2) is 42.5 Å². The normalized spacial score (nSPS) is 16.1. The predicted molar refractivity (Wildman–Crippen MR) is 106 cm³/mol. The van der Waals surface area contributed by atoms with Crippen LogP contribution in [0.4, 0.5) is 5.69 Å². The lowest BCUT2D eigenvalue weighted by atomic mass is 10.1. The summed E-state index contributed by atoms with van der Waals surface area (Å²) in [5.74, 6) is 1.46. The highest BCUT2D eigenvalue weighted by Gasteiger charge is 2.16. The van der Waals surface area contributed by atoms with Crippen LogP contribution in [0.1, 0.15) is 30.4 Å². The molecule has 0 aromatic heterocycles. The second-order valence-electron chi connectivity index (χ2n) is 6.89. The molecule has 0 saturated carbocycles. The molecule has 1 aliphatic rings. The number of nitrogens with one attached hydrogen (secondary N) is 1. The standard InChI is InChI=1S/C22H27NO4/c1-16-8-9-21(17(2)13-16)26-12-10-22(24)23-18-5-3-6-19(14-18)27-15-20-7-4-11-25-20/h3,5-6,8-9,13-14,20H,4,7,10-12,15H2,1-2H3,(H,23,24). The van der Waals surface area contributed by atoms with Crippen LogP contribution < -0.4 is 14.8 Å². The Balaban J connectivity index is 1.43. The van der Waals surface area contributed by atoms with E-state index in [1.54, 1.807) is 0 Å². The van der Waals surface area contributed by atoms with E-state index in [4.69, 9.17) is 14.2 Å². The quantitative estimate of drug-likeness (QED) is 0.755. The van der Waals surface area contributed by atoms with Crippen LogP contribution in [0.2, 0.25) is 0 Å². The Labute approximate surface area is 160 Å². The zero-order valence-corrected chi connectivity index (χ0v) is 16.0. The summed E-state index contributed by atoms with van der Waals surface area (Å²) in [4.78, 5) is 12.2. The molecule has 27 heavy (non-hydrogen) atoms. The van der Waals surface area contributed by atoms with Gasteiger partial charge in [0.1, 0.15) is 18.1 Å². The number of ether oxygens (including phenoxy) is 3. The first-order valence-corrected chi connectivity index (χ1v) is 9.44. The molecule has 5 nitrogen and oxygen atoms in total. The van der Waals surface area contributed by atoms with Gasteiger partial charge in [0.25, 0.3) is 0 Å². The molecule has 0 bridgehead atoms. The maximum Gasteiger partial charge on any atom is 0.227 e. The van der Waals surface area contributed by atoms with Gasteiger partial charge in [-0.3, -0.25) is 4.79 Å². The summed E-state index contributed by atoms with van der Waals surface area (Å²) in [5, 5.41) is 2.89. The Morgan fingerprint density at radius 1 is 1.19 bits per heavy atom. The highest BCUT2D eigenvalue weighted by Crippen LogP contribution is 2.21. The lowest BCUT2D eigenvalue weighted by molar-refractivity contribution is -0.116. The van der Waals surface area contributed by atoms with Crippen LogP contribution in [-0.4, -0.2) is 31.8 Å². The number of carbonyl (C=O) groups excluding carboxylic acids is 1. The second-order valence-corrected chi connectivity index (χ2v) is 6.89. The van der Waals surface area contributed by atoms with Crippen LogP contribution in [0, 0.1) is 13.8 Å². The van der Waals surface area contributed by atoms with Crippen LogP contribution in [0.25, 0.3) is 0 Å². The van der Waals surface area contributed by atoms with Crippen LogP contribution >= 0.6 is 0 Å². The fourth-order valence-corrected chi connectivity index (χ4v) is 3.07. The maximum absolute atomic E-state index is 12.2. The molecular formula is C22H27NO4. The molecule has 1 amide bonds. The molecule has 1 unspecified atom stereocenters. The monoisotopic (exact) mass is 369 g/mol. The van der Waals surface area contributed by atoms with E-state index in [9.17, 15) is 4.79 Å². The third-order valence-corrected chi connectivity index (χ3v) is 4.49. The van der Waals surface area contributed by atoms with Gasteiger partial charge >= 0.3 is 0 Å². The fraction of sp³-hybridized carbons (Fsp3) is 0.409. The smallest absolute Gasteiger partial charge is 0.227 e. The first-order chi connectivity index (χ1) is 13.1. The van der Waals surface area contributed by atoms with Gasteiger partial charge in [0, 0.05) is 18.4 Å². The van der Waals surface area contributed by atoms with Gasteiger partial charge in [0.2, 0.25) is 5.91 Å². The summed E-state index contributed by atoms with van der Waals surface area (Å²) in [6.07, 6.45) is 2.59. The molecule has 1 aliphatic heterocycles. The van der Waals surface area contributed by atoms with Crippen molar-refractivity contribution in [2.24, 2.45) is 0 Å². The molecule has 144 valence electrons. The minimum atomic E-state index is -0.0870. The third kappa shape index (κ3) is 6.00. The highest BCUT2D eigenvalue weighted by molar-refractivity contribution is 5.90. The van der Waals surface area contributed by atoms with Crippen molar-refractivity contribution >= 4 is 11.6 Å². The minimum Gasteiger partial charge on any atom is -0.493 e. The summed E-state index contributed by atoms with van der Waals surface area (Å²) in [5.41, 5.74) is 2.99. The van der Waals surface area contributed by atoms with E-state index in [0.29, 0.717) is 13.2 Å². The maximum atomic E-state index is 12.2. The summed E-state index contributed by atoms with van der Waals surface area (Å²) >= 11 is 0. The van der Waals surface area contributed by atoms with E-state index >= 15 is 0 Å². The van der Waals surface area contributed by atoms with E-state index in [1.807, 2.05) is 50.2 Å². The lowest BCUT2D eigenvalue weighted by Gasteiger charge is -2.13. The van der Waals surface area contributed by atoms with Gasteiger partial charge in [0.15, 0.2) is 0 Å². The molecule has 0 radical (unpaired) electrons. The molecule has 0 spiro atoms. The Hall–Kier alpha value is -2.53. The Bertz CT molecular complexity index is 769. The molecule has 3 rings (SSSR count). The van der Waals surface area contributed by atoms with Crippen molar-refractivity contribution in [1.29, 1.82) is 0 Å². The van der Waals surface area contributed by atoms with Crippen molar-refractivity contribution in [2.45, 2.75) is 39.2 Å².